The molecule has 2 heterocycles. The van der Waals surface area contributed by atoms with Gasteiger partial charge in [-0.3, -0.25) is 14.4 Å². The van der Waals surface area contributed by atoms with Crippen LogP contribution in [0.5, 0.6) is 0 Å². The predicted octanol–water partition coefficient (Wildman–Crippen LogP) is 3.28. The van der Waals surface area contributed by atoms with E-state index in [1.807, 2.05) is 39.1 Å². The van der Waals surface area contributed by atoms with Gasteiger partial charge in [0, 0.05) is 50.9 Å². The van der Waals surface area contributed by atoms with Crippen LogP contribution in [-0.2, 0) is 30.0 Å². The number of carbonyl (C=O) groups is 3. The molecule has 3 N–H and O–H groups in total. The van der Waals surface area contributed by atoms with Gasteiger partial charge in [-0.2, -0.15) is 0 Å². The zero-order chi connectivity index (χ0) is 26.5. The van der Waals surface area contributed by atoms with Crippen molar-refractivity contribution >= 4 is 23.5 Å². The highest BCUT2D eigenvalue weighted by molar-refractivity contribution is 6.03. The summed E-state index contributed by atoms with van der Waals surface area (Å²) in [7, 11) is 3.56. The molecule has 0 aliphatic carbocycles. The zero-order valence-corrected chi connectivity index (χ0v) is 21.4. The summed E-state index contributed by atoms with van der Waals surface area (Å²) >= 11 is 0. The average molecular weight is 495 g/mol. The number of ether oxygens (including phenoxy) is 1. The summed E-state index contributed by atoms with van der Waals surface area (Å²) in [5, 5.41) is 14.5. The third-order valence-electron chi connectivity index (χ3n) is 5.40. The highest BCUT2D eigenvalue weighted by atomic mass is 16.6. The SMILES string of the molecule is Cn1cc(-c2ccc(NC(=O)c3cc(CC(=O)OC(C)(C)C)cn3C)cc2)cc1C(=O)NCCCO. The molecule has 0 aliphatic rings. The standard InChI is InChI=1S/C27H34N4O5/c1-27(2,3)36-24(33)14-18-13-22(30(4)16-18)26(35)29-21-9-7-19(8-10-21)20-15-23(31(5)17-20)25(34)28-11-6-12-32/h7-10,13,15-17,32H,6,11-12,14H2,1-5H3,(H,28,34)(H,29,35). The van der Waals surface area contributed by atoms with Gasteiger partial charge >= 0.3 is 5.97 Å². The minimum Gasteiger partial charge on any atom is -0.460 e. The van der Waals surface area contributed by atoms with E-state index in [9.17, 15) is 14.4 Å². The third kappa shape index (κ3) is 7.08. The molecule has 0 radical (unpaired) electrons. The Balaban J connectivity index is 1.65. The van der Waals surface area contributed by atoms with Crippen molar-refractivity contribution in [1.29, 1.82) is 0 Å². The Morgan fingerprint density at radius 1 is 0.917 bits per heavy atom. The van der Waals surface area contributed by atoms with Crippen molar-refractivity contribution in [2.24, 2.45) is 14.1 Å². The highest BCUT2D eigenvalue weighted by Crippen LogP contribution is 2.24. The molecule has 0 fully saturated rings. The van der Waals surface area contributed by atoms with E-state index in [4.69, 9.17) is 9.84 Å². The number of esters is 1. The molecule has 9 heteroatoms. The fraction of sp³-hybridized carbons (Fsp3) is 0.370. The number of aliphatic hydroxyl groups excluding tert-OH is 1. The van der Waals surface area contributed by atoms with E-state index in [1.165, 1.54) is 0 Å². The molecule has 3 aromatic rings. The van der Waals surface area contributed by atoms with Crippen LogP contribution in [0, 0.1) is 0 Å². The zero-order valence-electron chi connectivity index (χ0n) is 21.4. The second-order valence-electron chi connectivity index (χ2n) is 9.70. The molecule has 2 aromatic heterocycles. The number of nitrogens with one attached hydrogen (secondary N) is 2. The van der Waals surface area contributed by atoms with E-state index in [0.717, 1.165) is 11.1 Å². The topological polar surface area (TPSA) is 115 Å². The summed E-state index contributed by atoms with van der Waals surface area (Å²) in [6.45, 7) is 5.88. The average Bonchev–Trinajstić information content (AvgIpc) is 3.35. The van der Waals surface area contributed by atoms with Gasteiger partial charge in [0.25, 0.3) is 11.8 Å². The molecule has 0 unspecified atom stereocenters. The van der Waals surface area contributed by atoms with Crippen LogP contribution in [-0.4, -0.2) is 50.8 Å². The number of rotatable bonds is 9. The Morgan fingerprint density at radius 3 is 2.19 bits per heavy atom. The lowest BCUT2D eigenvalue weighted by Gasteiger charge is -2.19. The van der Waals surface area contributed by atoms with Crippen LogP contribution in [0.2, 0.25) is 0 Å². The predicted molar refractivity (Wildman–Crippen MR) is 138 cm³/mol. The molecule has 0 aliphatic heterocycles. The van der Waals surface area contributed by atoms with Gasteiger partial charge in [-0.15, -0.1) is 0 Å². The summed E-state index contributed by atoms with van der Waals surface area (Å²) < 4.78 is 8.79. The summed E-state index contributed by atoms with van der Waals surface area (Å²) in [5.74, 6) is -0.834. The first kappa shape index (κ1) is 26.7. The van der Waals surface area contributed by atoms with Crippen LogP contribution < -0.4 is 10.6 Å². The summed E-state index contributed by atoms with van der Waals surface area (Å²) in [5.41, 5.74) is 3.48. The molecular formula is C27H34N4O5. The van der Waals surface area contributed by atoms with Crippen LogP contribution in [0.3, 0.4) is 0 Å². The van der Waals surface area contributed by atoms with Crippen molar-refractivity contribution in [2.45, 2.75) is 39.2 Å². The second-order valence-corrected chi connectivity index (χ2v) is 9.70. The number of carbonyl (C=O) groups excluding carboxylic acids is 3. The van der Waals surface area contributed by atoms with Crippen LogP contribution in [0.25, 0.3) is 11.1 Å². The van der Waals surface area contributed by atoms with E-state index < -0.39 is 5.60 Å². The molecule has 0 bridgehead atoms. The maximum absolute atomic E-state index is 12.8. The number of hydrogen-bond acceptors (Lipinski definition) is 5. The molecule has 3 rings (SSSR count). The fourth-order valence-electron chi connectivity index (χ4n) is 3.76. The van der Waals surface area contributed by atoms with Crippen molar-refractivity contribution in [3.63, 3.8) is 0 Å². The third-order valence-corrected chi connectivity index (χ3v) is 5.40. The Labute approximate surface area is 211 Å². The maximum Gasteiger partial charge on any atom is 0.310 e. The summed E-state index contributed by atoms with van der Waals surface area (Å²) in [4.78, 5) is 37.3. The van der Waals surface area contributed by atoms with Crippen molar-refractivity contribution in [3.05, 3.63) is 65.7 Å². The molecule has 192 valence electrons. The molecular weight excluding hydrogens is 460 g/mol. The largest absolute Gasteiger partial charge is 0.460 e. The van der Waals surface area contributed by atoms with Crippen LogP contribution in [0.4, 0.5) is 5.69 Å². The molecule has 2 amide bonds. The van der Waals surface area contributed by atoms with Gasteiger partial charge in [0.2, 0.25) is 0 Å². The van der Waals surface area contributed by atoms with Gasteiger partial charge in [-0.1, -0.05) is 12.1 Å². The van der Waals surface area contributed by atoms with Crippen molar-refractivity contribution in [2.75, 3.05) is 18.5 Å². The Kier molecular flexibility index (Phi) is 8.37. The smallest absolute Gasteiger partial charge is 0.310 e. The minimum atomic E-state index is -0.563. The van der Waals surface area contributed by atoms with E-state index >= 15 is 0 Å². The van der Waals surface area contributed by atoms with Gasteiger partial charge in [-0.05, 0) is 62.6 Å². The van der Waals surface area contributed by atoms with Gasteiger partial charge < -0.3 is 29.6 Å². The lowest BCUT2D eigenvalue weighted by atomic mass is 10.1. The number of hydrogen-bond donors (Lipinski definition) is 3. The number of benzene rings is 1. The quantitative estimate of drug-likeness (QED) is 0.312. The molecule has 0 saturated heterocycles. The molecule has 36 heavy (non-hydrogen) atoms. The Bertz CT molecular complexity index is 1230. The molecule has 1 aromatic carbocycles. The molecule has 9 nitrogen and oxygen atoms in total. The number of anilines is 1. The Hall–Kier alpha value is -3.85. The van der Waals surface area contributed by atoms with Crippen molar-refractivity contribution in [1.82, 2.24) is 14.5 Å². The first-order chi connectivity index (χ1) is 17.0. The van der Waals surface area contributed by atoms with E-state index in [0.29, 0.717) is 35.6 Å². The van der Waals surface area contributed by atoms with E-state index in [1.54, 1.807) is 53.7 Å². The number of amides is 2. The molecule has 0 saturated carbocycles. The number of aliphatic hydroxyl groups is 1. The number of nitrogens with zero attached hydrogens (tertiary/aromatic N) is 2. The molecule has 0 atom stereocenters. The van der Waals surface area contributed by atoms with Crippen molar-refractivity contribution < 1.29 is 24.2 Å². The van der Waals surface area contributed by atoms with Gasteiger partial charge in [0.1, 0.15) is 17.0 Å². The second kappa shape index (κ2) is 11.3. The van der Waals surface area contributed by atoms with Crippen molar-refractivity contribution in [3.8, 4) is 11.1 Å². The highest BCUT2D eigenvalue weighted by Gasteiger charge is 2.19. The lowest BCUT2D eigenvalue weighted by molar-refractivity contribution is -0.153. The summed E-state index contributed by atoms with van der Waals surface area (Å²) in [6, 6.07) is 10.8. The van der Waals surface area contributed by atoms with Gasteiger partial charge in [-0.25, -0.2) is 0 Å². The number of aryl methyl sites for hydroxylation is 2. The fourth-order valence-corrected chi connectivity index (χ4v) is 3.76. The van der Waals surface area contributed by atoms with Crippen LogP contribution in [0.15, 0.2) is 48.8 Å². The number of aromatic nitrogens is 2. The Morgan fingerprint density at radius 2 is 1.56 bits per heavy atom. The maximum atomic E-state index is 12.8. The van der Waals surface area contributed by atoms with E-state index in [2.05, 4.69) is 10.6 Å². The van der Waals surface area contributed by atoms with Gasteiger partial charge in [0.15, 0.2) is 0 Å². The first-order valence-electron chi connectivity index (χ1n) is 11.8. The minimum absolute atomic E-state index is 0.0267. The molecule has 0 spiro atoms. The lowest BCUT2D eigenvalue weighted by Crippen LogP contribution is -2.26. The van der Waals surface area contributed by atoms with Crippen LogP contribution >= 0.6 is 0 Å². The van der Waals surface area contributed by atoms with Gasteiger partial charge in [0.05, 0.1) is 6.42 Å². The monoisotopic (exact) mass is 494 g/mol. The first-order valence-corrected chi connectivity index (χ1v) is 11.8. The van der Waals surface area contributed by atoms with E-state index in [-0.39, 0.29) is 30.8 Å². The van der Waals surface area contributed by atoms with Crippen LogP contribution in [0.1, 0.15) is 53.7 Å². The normalized spacial score (nSPS) is 11.3. The summed E-state index contributed by atoms with van der Waals surface area (Å²) in [6.07, 6.45) is 4.20.